The molecule has 0 saturated carbocycles. The first-order valence-corrected chi connectivity index (χ1v) is 6.36. The van der Waals surface area contributed by atoms with Crippen LogP contribution in [0.2, 0.25) is 0 Å². The molecule has 1 N–H and O–H groups in total. The summed E-state index contributed by atoms with van der Waals surface area (Å²) in [7, 11) is 0. The summed E-state index contributed by atoms with van der Waals surface area (Å²) in [5.74, 6) is -0.231. The van der Waals surface area contributed by atoms with Crippen molar-refractivity contribution in [2.75, 3.05) is 6.54 Å². The molecule has 0 aliphatic carbocycles. The van der Waals surface area contributed by atoms with Crippen LogP contribution in [0, 0.1) is 0 Å². The lowest BCUT2D eigenvalue weighted by molar-refractivity contribution is 0.0951. The smallest absolute Gasteiger partial charge is 0.347 e. The molecule has 0 unspecified atom stereocenters. The van der Waals surface area contributed by atoms with E-state index in [-0.39, 0.29) is 11.6 Å². The van der Waals surface area contributed by atoms with E-state index < -0.39 is 0 Å². The zero-order valence-electron chi connectivity index (χ0n) is 9.91. The third-order valence-corrected chi connectivity index (χ3v) is 2.82. The molecule has 2 aromatic rings. The molecule has 0 aromatic carbocycles. The molecule has 1 amide bonds. The maximum absolute atomic E-state index is 11.8. The summed E-state index contributed by atoms with van der Waals surface area (Å²) in [6, 6.07) is 3.35. The summed E-state index contributed by atoms with van der Waals surface area (Å²) in [6.07, 6.45) is 6.15. The number of nitrogens with zero attached hydrogens (tertiary/aromatic N) is 3. The second-order valence-corrected chi connectivity index (χ2v) is 4.66. The Morgan fingerprint density at radius 1 is 1.42 bits per heavy atom. The molecular formula is C12H11BrN4O2. The van der Waals surface area contributed by atoms with Crippen molar-refractivity contribution >= 4 is 21.8 Å². The lowest BCUT2D eigenvalue weighted by Crippen LogP contribution is -2.31. The van der Waals surface area contributed by atoms with Gasteiger partial charge >= 0.3 is 5.69 Å². The molecule has 2 rings (SSSR count). The Bertz CT molecular complexity index is 641. The molecule has 0 fully saturated rings. The predicted molar refractivity (Wildman–Crippen MR) is 72.8 cm³/mol. The summed E-state index contributed by atoms with van der Waals surface area (Å²) in [5, 5.41) is 2.71. The molecule has 0 saturated heterocycles. The van der Waals surface area contributed by atoms with Crippen LogP contribution in [0.25, 0.3) is 0 Å². The number of carbonyl (C=O) groups excluding carboxylic acids is 1. The van der Waals surface area contributed by atoms with Crippen LogP contribution in [0.5, 0.6) is 0 Å². The summed E-state index contributed by atoms with van der Waals surface area (Å²) < 4.78 is 2.17. The minimum Gasteiger partial charge on any atom is -0.350 e. The van der Waals surface area contributed by atoms with Crippen LogP contribution in [-0.4, -0.2) is 27.0 Å². The molecular weight excluding hydrogens is 312 g/mol. The van der Waals surface area contributed by atoms with Crippen molar-refractivity contribution in [3.05, 3.63) is 57.4 Å². The second kappa shape index (κ2) is 6.24. The van der Waals surface area contributed by atoms with Crippen LogP contribution in [0.3, 0.4) is 0 Å². The monoisotopic (exact) mass is 322 g/mol. The van der Waals surface area contributed by atoms with Gasteiger partial charge in [0.1, 0.15) is 0 Å². The third kappa shape index (κ3) is 3.72. The van der Waals surface area contributed by atoms with E-state index in [0.29, 0.717) is 18.7 Å². The number of hydrogen-bond donors (Lipinski definition) is 1. The van der Waals surface area contributed by atoms with Crippen LogP contribution in [0.1, 0.15) is 10.4 Å². The van der Waals surface area contributed by atoms with Crippen molar-refractivity contribution in [1.82, 2.24) is 19.9 Å². The molecule has 2 aromatic heterocycles. The van der Waals surface area contributed by atoms with Gasteiger partial charge in [-0.2, -0.15) is 0 Å². The topological polar surface area (TPSA) is 76.9 Å². The molecule has 19 heavy (non-hydrogen) atoms. The fourth-order valence-corrected chi connectivity index (χ4v) is 1.85. The van der Waals surface area contributed by atoms with Crippen LogP contribution in [0.4, 0.5) is 0 Å². The Balaban J connectivity index is 1.91. The fraction of sp³-hybridized carbons (Fsp3) is 0.167. The van der Waals surface area contributed by atoms with Crippen molar-refractivity contribution in [1.29, 1.82) is 0 Å². The number of nitrogens with one attached hydrogen (secondary N) is 1. The van der Waals surface area contributed by atoms with E-state index in [1.54, 1.807) is 24.5 Å². The largest absolute Gasteiger partial charge is 0.350 e. The van der Waals surface area contributed by atoms with Crippen molar-refractivity contribution in [3.63, 3.8) is 0 Å². The molecule has 0 bridgehead atoms. The Morgan fingerprint density at radius 2 is 2.26 bits per heavy atom. The van der Waals surface area contributed by atoms with Gasteiger partial charge < -0.3 is 5.32 Å². The van der Waals surface area contributed by atoms with E-state index in [9.17, 15) is 9.59 Å². The lowest BCUT2D eigenvalue weighted by atomic mass is 10.3. The number of carbonyl (C=O) groups is 1. The van der Waals surface area contributed by atoms with E-state index in [1.165, 1.54) is 17.0 Å². The van der Waals surface area contributed by atoms with Gasteiger partial charge in [0, 0.05) is 42.3 Å². The van der Waals surface area contributed by atoms with Crippen molar-refractivity contribution in [2.45, 2.75) is 6.54 Å². The van der Waals surface area contributed by atoms with Gasteiger partial charge in [0.2, 0.25) is 0 Å². The van der Waals surface area contributed by atoms with Crippen LogP contribution in [-0.2, 0) is 6.54 Å². The first-order valence-electron chi connectivity index (χ1n) is 5.57. The van der Waals surface area contributed by atoms with Crippen LogP contribution >= 0.6 is 15.9 Å². The van der Waals surface area contributed by atoms with Crippen molar-refractivity contribution in [3.8, 4) is 0 Å². The number of pyridine rings is 1. The quantitative estimate of drug-likeness (QED) is 0.904. The number of amides is 1. The Kier molecular flexibility index (Phi) is 4.40. The molecule has 0 radical (unpaired) electrons. The van der Waals surface area contributed by atoms with Crippen molar-refractivity contribution < 1.29 is 4.79 Å². The maximum Gasteiger partial charge on any atom is 0.347 e. The molecule has 6 nitrogen and oxygen atoms in total. The summed E-state index contributed by atoms with van der Waals surface area (Å²) in [6.45, 7) is 0.719. The highest BCUT2D eigenvalue weighted by atomic mass is 79.9. The van der Waals surface area contributed by atoms with Gasteiger partial charge in [-0.25, -0.2) is 9.78 Å². The van der Waals surface area contributed by atoms with E-state index in [1.807, 2.05) is 0 Å². The van der Waals surface area contributed by atoms with Gasteiger partial charge in [-0.15, -0.1) is 0 Å². The second-order valence-electron chi connectivity index (χ2n) is 3.74. The number of halogens is 1. The van der Waals surface area contributed by atoms with Crippen LogP contribution < -0.4 is 11.0 Å². The van der Waals surface area contributed by atoms with E-state index in [2.05, 4.69) is 31.2 Å². The highest BCUT2D eigenvalue weighted by Gasteiger charge is 2.05. The molecule has 0 spiro atoms. The molecule has 2 heterocycles. The zero-order valence-corrected chi connectivity index (χ0v) is 11.5. The van der Waals surface area contributed by atoms with Crippen LogP contribution in [0.15, 0.2) is 46.2 Å². The zero-order chi connectivity index (χ0) is 13.7. The van der Waals surface area contributed by atoms with Gasteiger partial charge in [0.25, 0.3) is 5.91 Å². The molecule has 98 valence electrons. The summed E-state index contributed by atoms with van der Waals surface area (Å²) in [4.78, 5) is 30.7. The number of rotatable bonds is 4. The maximum atomic E-state index is 11.8. The minimum absolute atomic E-state index is 0.231. The van der Waals surface area contributed by atoms with E-state index in [4.69, 9.17) is 0 Å². The minimum atomic E-state index is -0.333. The number of hydrogen-bond acceptors (Lipinski definition) is 4. The average molecular weight is 323 g/mol. The molecule has 0 aliphatic rings. The molecule has 0 atom stereocenters. The molecule has 0 aliphatic heterocycles. The Hall–Kier alpha value is -2.02. The molecule has 7 heteroatoms. The van der Waals surface area contributed by atoms with Gasteiger partial charge in [0.15, 0.2) is 0 Å². The van der Waals surface area contributed by atoms with Crippen molar-refractivity contribution in [2.24, 2.45) is 0 Å². The average Bonchev–Trinajstić information content (AvgIpc) is 2.41. The highest BCUT2D eigenvalue weighted by Crippen LogP contribution is 2.09. The predicted octanol–water partition coefficient (Wildman–Crippen LogP) is 0.831. The fourth-order valence-electron chi connectivity index (χ4n) is 1.49. The van der Waals surface area contributed by atoms with E-state index >= 15 is 0 Å². The highest BCUT2D eigenvalue weighted by molar-refractivity contribution is 9.10. The summed E-state index contributed by atoms with van der Waals surface area (Å²) in [5.41, 5.74) is 0.133. The normalized spacial score (nSPS) is 10.2. The van der Waals surface area contributed by atoms with E-state index in [0.717, 1.165) is 4.47 Å². The first kappa shape index (κ1) is 13.4. The SMILES string of the molecule is O=C(NCCn1cccnc1=O)c1cncc(Br)c1. The number of aromatic nitrogens is 3. The van der Waals surface area contributed by atoms with Gasteiger partial charge in [0.05, 0.1) is 5.56 Å². The lowest BCUT2D eigenvalue weighted by Gasteiger charge is -2.06. The van der Waals surface area contributed by atoms with Gasteiger partial charge in [-0.3, -0.25) is 14.3 Å². The Labute approximate surface area is 117 Å². The standard InChI is InChI=1S/C12H11BrN4O2/c13-10-6-9(7-14-8-10)11(18)15-3-5-17-4-1-2-16-12(17)19/h1-2,4,6-8H,3,5H2,(H,15,18). The summed E-state index contributed by atoms with van der Waals surface area (Å²) >= 11 is 3.25. The Morgan fingerprint density at radius 3 is 3.00 bits per heavy atom. The first-order chi connectivity index (χ1) is 9.16. The third-order valence-electron chi connectivity index (χ3n) is 2.39. The van der Waals surface area contributed by atoms with Gasteiger partial charge in [-0.1, -0.05) is 0 Å². The van der Waals surface area contributed by atoms with Gasteiger partial charge in [-0.05, 0) is 28.1 Å².